The number of aromatic nitrogens is 2. The summed E-state index contributed by atoms with van der Waals surface area (Å²) in [6, 6.07) is 163. The van der Waals surface area contributed by atoms with E-state index in [2.05, 4.69) is 501 Å². The predicted molar refractivity (Wildman–Crippen MR) is 566 cm³/mol. The van der Waals surface area contributed by atoms with Gasteiger partial charge < -0.3 is 32.9 Å². The first-order chi connectivity index (χ1) is 61.6. The third-order valence-electron chi connectivity index (χ3n) is 23.9. The zero-order valence-corrected chi connectivity index (χ0v) is 75.8. The SMILES string of the molecule is Brc1cccc2c1Cc1ccccc1-2.C.Ic1ccc(-c2ccc(I)cc2)cc1.N.N.OB(O)c1ccccc1.[H-].c1ccc(-c2cccc3c2Cc2ccccc2-3)cc1.c1ccc(-c2cccc3c2Cc2ccccc2-3)cc1.c1ccc(-c2cccc3c4ccccc4n(-c4ccc(-c5ccc(-n6c7ccccc7c7cccc(-c8ccccc8)c76)cc5)cc4)c23)cc1. The molecule has 3 aliphatic carbocycles. The van der Waals surface area contributed by atoms with E-state index in [9.17, 15) is 0 Å². The van der Waals surface area contributed by atoms with Crippen molar-refractivity contribution in [1.29, 1.82) is 0 Å². The van der Waals surface area contributed by atoms with Crippen LogP contribution in [0.5, 0.6) is 0 Å². The van der Waals surface area contributed by atoms with E-state index in [-0.39, 0.29) is 21.2 Å². The van der Waals surface area contributed by atoms with Gasteiger partial charge in [-0.1, -0.05) is 418 Å². The van der Waals surface area contributed by atoms with Crippen molar-refractivity contribution in [1.82, 2.24) is 21.4 Å². The average molecular weight is 1950 g/mol. The molecule has 2 heterocycles. The summed E-state index contributed by atoms with van der Waals surface area (Å²) in [5.74, 6) is 0. The molecular formula is C118H95BBrI2N4O2-. The van der Waals surface area contributed by atoms with Gasteiger partial charge in [-0.15, -0.1) is 0 Å². The molecule has 21 aromatic rings. The van der Waals surface area contributed by atoms with Gasteiger partial charge in [-0.2, -0.15) is 0 Å². The molecule has 624 valence electrons. The third-order valence-corrected chi connectivity index (χ3v) is 26.1. The van der Waals surface area contributed by atoms with Gasteiger partial charge in [0.25, 0.3) is 0 Å². The minimum atomic E-state index is -1.34. The Morgan fingerprint density at radius 3 is 0.852 bits per heavy atom. The van der Waals surface area contributed by atoms with Gasteiger partial charge >= 0.3 is 7.12 Å². The van der Waals surface area contributed by atoms with Crippen molar-refractivity contribution < 1.29 is 11.5 Å². The van der Waals surface area contributed by atoms with Crippen LogP contribution in [0, 0.1) is 7.14 Å². The Morgan fingerprint density at radius 2 is 0.492 bits per heavy atom. The summed E-state index contributed by atoms with van der Waals surface area (Å²) in [5.41, 5.74) is 40.0. The Morgan fingerprint density at radius 1 is 0.234 bits per heavy atom. The Labute approximate surface area is 787 Å². The van der Waals surface area contributed by atoms with Crippen LogP contribution >= 0.6 is 61.1 Å². The normalized spacial score (nSPS) is 11.2. The van der Waals surface area contributed by atoms with Gasteiger partial charge in [0.15, 0.2) is 0 Å². The van der Waals surface area contributed by atoms with Gasteiger partial charge in [0.2, 0.25) is 0 Å². The van der Waals surface area contributed by atoms with Crippen LogP contribution in [0.1, 0.15) is 42.2 Å². The molecule has 128 heavy (non-hydrogen) atoms. The fourth-order valence-electron chi connectivity index (χ4n) is 18.0. The molecule has 0 radical (unpaired) electrons. The van der Waals surface area contributed by atoms with E-state index in [0.717, 1.165) is 30.6 Å². The molecule has 0 spiro atoms. The van der Waals surface area contributed by atoms with Gasteiger partial charge in [-0.3, -0.25) is 0 Å². The summed E-state index contributed by atoms with van der Waals surface area (Å²) in [6.45, 7) is 0. The van der Waals surface area contributed by atoms with Crippen molar-refractivity contribution in [3.05, 3.63) is 506 Å². The van der Waals surface area contributed by atoms with E-state index < -0.39 is 7.12 Å². The second-order valence-electron chi connectivity index (χ2n) is 31.4. The van der Waals surface area contributed by atoms with E-state index in [1.807, 2.05) is 6.07 Å². The average Bonchev–Trinajstić information content (AvgIpc) is 1.58. The summed E-state index contributed by atoms with van der Waals surface area (Å²) < 4.78 is 8.62. The van der Waals surface area contributed by atoms with Crippen molar-refractivity contribution >= 4 is 117 Å². The van der Waals surface area contributed by atoms with Gasteiger partial charge in [0.05, 0.1) is 22.1 Å². The largest absolute Gasteiger partial charge is 1.00 e. The number of benzene rings is 19. The highest BCUT2D eigenvalue weighted by atomic mass is 127. The molecule has 0 unspecified atom stereocenters. The molecule has 0 saturated carbocycles. The number of para-hydroxylation sites is 4. The summed E-state index contributed by atoms with van der Waals surface area (Å²) in [7, 11) is -1.34. The number of halogens is 3. The maximum absolute atomic E-state index is 8.58. The first-order valence-electron chi connectivity index (χ1n) is 42.3. The van der Waals surface area contributed by atoms with E-state index in [0.29, 0.717) is 5.46 Å². The molecule has 2 aromatic heterocycles. The van der Waals surface area contributed by atoms with Crippen molar-refractivity contribution in [2.24, 2.45) is 0 Å². The molecule has 6 nitrogen and oxygen atoms in total. The Hall–Kier alpha value is -13.4. The Kier molecular flexibility index (Phi) is 27.9. The third kappa shape index (κ3) is 18.5. The van der Waals surface area contributed by atoms with Crippen LogP contribution in [0.3, 0.4) is 0 Å². The number of hydrogen-bond acceptors (Lipinski definition) is 4. The van der Waals surface area contributed by atoms with Crippen molar-refractivity contribution in [3.8, 4) is 112 Å². The topological polar surface area (TPSA) is 120 Å². The van der Waals surface area contributed by atoms with Crippen molar-refractivity contribution in [2.75, 3.05) is 0 Å². The number of fused-ring (bicyclic) bond motifs is 15. The van der Waals surface area contributed by atoms with E-state index in [4.69, 9.17) is 10.0 Å². The predicted octanol–water partition coefficient (Wildman–Crippen LogP) is 31.8. The van der Waals surface area contributed by atoms with Gasteiger partial charge in [-0.05, 0) is 259 Å². The van der Waals surface area contributed by atoms with Gasteiger partial charge in [0, 0.05) is 55.7 Å². The molecule has 0 aliphatic heterocycles. The van der Waals surface area contributed by atoms with E-state index >= 15 is 0 Å². The molecule has 3 aliphatic rings. The Balaban J connectivity index is 0.000000133. The quantitative estimate of drug-likeness (QED) is 0.0850. The number of nitrogens with zero attached hydrogens (tertiary/aromatic N) is 2. The lowest BCUT2D eigenvalue weighted by molar-refractivity contribution is 0.426. The lowest BCUT2D eigenvalue weighted by Crippen LogP contribution is -2.29. The zero-order valence-electron chi connectivity index (χ0n) is 70.9. The van der Waals surface area contributed by atoms with Crippen LogP contribution in [-0.2, 0) is 19.3 Å². The van der Waals surface area contributed by atoms with Crippen LogP contribution in [0.4, 0.5) is 0 Å². The summed E-state index contributed by atoms with van der Waals surface area (Å²) in [4.78, 5) is 0. The molecule has 0 saturated heterocycles. The number of rotatable bonds is 9. The second-order valence-corrected chi connectivity index (χ2v) is 34.7. The lowest BCUT2D eigenvalue weighted by Gasteiger charge is -2.14. The number of hydrogen-bond donors (Lipinski definition) is 4. The first-order valence-corrected chi connectivity index (χ1v) is 45.2. The second kappa shape index (κ2) is 40.5. The van der Waals surface area contributed by atoms with E-state index in [1.54, 1.807) is 24.3 Å². The van der Waals surface area contributed by atoms with Gasteiger partial charge in [-0.25, -0.2) is 0 Å². The van der Waals surface area contributed by atoms with Gasteiger partial charge in [0.1, 0.15) is 0 Å². The first kappa shape index (κ1) is 88.1. The fraction of sp³-hybridized carbons (Fsp3) is 0.0339. The van der Waals surface area contributed by atoms with E-state index in [1.165, 1.54) is 189 Å². The molecule has 0 bridgehead atoms. The molecule has 24 rings (SSSR count). The van der Waals surface area contributed by atoms with Crippen LogP contribution < -0.4 is 17.8 Å². The highest BCUT2D eigenvalue weighted by molar-refractivity contribution is 14.1. The van der Waals surface area contributed by atoms with Crippen molar-refractivity contribution in [3.63, 3.8) is 0 Å². The zero-order chi connectivity index (χ0) is 84.5. The highest BCUT2D eigenvalue weighted by Crippen LogP contribution is 2.46. The van der Waals surface area contributed by atoms with Crippen LogP contribution in [-0.4, -0.2) is 26.3 Å². The minimum absolute atomic E-state index is 0. The Bertz CT molecular complexity index is 7030. The molecule has 0 amide bonds. The fourth-order valence-corrected chi connectivity index (χ4v) is 19.2. The smallest absolute Gasteiger partial charge is 0.488 e. The summed E-state index contributed by atoms with van der Waals surface area (Å²) in [5, 5.41) is 22.2. The summed E-state index contributed by atoms with van der Waals surface area (Å²) in [6.07, 6.45) is 3.17. The molecular weight excluding hydrogens is 1850 g/mol. The standard InChI is InChI=1S/C48H32N2.2C19H14.C13H9Br.C12H8I2.C6H7BO2.CH4.2H3N.H/c1-3-13-35(14-4-1)39-19-11-21-43-41-17-7-9-23-45(41)49(47(39)43)37-29-25-33(26-30-37)34-27-31-38(32-28-34)50-46-24-10-8-18-42(46)44-22-12-20-40(48(44)50)36-15-5-2-6-16-36;2*1-2-7-14(8-3-1)16-11-6-12-18-17-10-5-4-9-15(17)13-19(16)18;14-13-7-3-6-11-10-5-2-1-4-9(10)8-12(11)13;13-11-5-1-9(2-6-11)10-3-7-12(14)8-4-10;8-7(9)6-4-2-1-3-5-6;;;;/h1-32H;2*1-12H,13H2;1-7H,8H2;1-8H;1-5,8-9H;1H4;2*1H3;/q;;;;;;;;;-1. The molecule has 10 heteroatoms. The van der Waals surface area contributed by atoms with Crippen LogP contribution in [0.25, 0.3) is 155 Å². The molecule has 0 fully saturated rings. The van der Waals surface area contributed by atoms with Crippen LogP contribution in [0.15, 0.2) is 466 Å². The maximum atomic E-state index is 8.58. The highest BCUT2D eigenvalue weighted by Gasteiger charge is 2.25. The summed E-state index contributed by atoms with van der Waals surface area (Å²) >= 11 is 8.25. The van der Waals surface area contributed by atoms with Crippen molar-refractivity contribution in [2.45, 2.75) is 26.7 Å². The maximum Gasteiger partial charge on any atom is 0.488 e. The lowest BCUT2D eigenvalue weighted by atomic mass is 9.81. The minimum Gasteiger partial charge on any atom is -1.00 e. The molecule has 19 aromatic carbocycles. The van der Waals surface area contributed by atoms with Crippen LogP contribution in [0.2, 0.25) is 0 Å². The monoisotopic (exact) mass is 1940 g/mol. The molecule has 8 N–H and O–H groups in total. The molecule has 0 atom stereocenters.